The Morgan fingerprint density at radius 3 is 2.38 bits per heavy atom. The van der Waals surface area contributed by atoms with E-state index in [4.69, 9.17) is 16.6 Å². The number of benzene rings is 2. The fourth-order valence-corrected chi connectivity index (χ4v) is 9.06. The molecule has 0 saturated carbocycles. The molecule has 3 amide bonds. The fourth-order valence-electron chi connectivity index (χ4n) is 8.35. The predicted molar refractivity (Wildman–Crippen MR) is 217 cm³/mol. The van der Waals surface area contributed by atoms with Gasteiger partial charge in [-0.15, -0.1) is 11.3 Å². The van der Waals surface area contributed by atoms with E-state index < -0.39 is 5.82 Å². The number of halogens is 2. The van der Waals surface area contributed by atoms with Crippen LogP contribution in [0.3, 0.4) is 0 Å². The fraction of sp³-hybridized carbons (Fsp3) is 0.439. The number of nitrogens with one attached hydrogen (secondary N) is 2. The summed E-state index contributed by atoms with van der Waals surface area (Å²) in [5, 5.41) is 8.57. The van der Waals surface area contributed by atoms with Crippen molar-refractivity contribution in [2.45, 2.75) is 38.1 Å². The van der Waals surface area contributed by atoms with Crippen molar-refractivity contribution < 1.29 is 18.8 Å². The summed E-state index contributed by atoms with van der Waals surface area (Å²) in [6.45, 7) is 9.83. The first kappa shape index (κ1) is 38.3. The summed E-state index contributed by atoms with van der Waals surface area (Å²) in [7, 11) is 0. The van der Waals surface area contributed by atoms with Crippen molar-refractivity contribution in [1.29, 1.82) is 0 Å². The normalized spacial score (nSPS) is 20.3. The molecule has 4 fully saturated rings. The highest BCUT2D eigenvalue weighted by Crippen LogP contribution is 2.31. The van der Waals surface area contributed by atoms with Gasteiger partial charge in [0.25, 0.3) is 5.91 Å². The number of pyridine rings is 1. The minimum Gasteiger partial charge on any atom is -0.372 e. The number of carbonyl (C=O) groups is 3. The van der Waals surface area contributed by atoms with E-state index in [1.165, 1.54) is 23.5 Å². The van der Waals surface area contributed by atoms with Crippen LogP contribution in [0, 0.1) is 11.7 Å². The molecule has 12 nitrogen and oxygen atoms in total. The highest BCUT2D eigenvalue weighted by Gasteiger charge is 2.30. The number of anilines is 4. The van der Waals surface area contributed by atoms with Crippen LogP contribution in [0.15, 0.2) is 66.2 Å². The van der Waals surface area contributed by atoms with Gasteiger partial charge in [0.15, 0.2) is 10.9 Å². The van der Waals surface area contributed by atoms with E-state index in [1.54, 1.807) is 17.2 Å². The lowest BCUT2D eigenvalue weighted by atomic mass is 9.90. The average molecular weight is 800 g/mol. The Labute approximate surface area is 335 Å². The molecular weight excluding hydrogens is 753 g/mol. The number of amides is 3. The second-order valence-electron chi connectivity index (χ2n) is 15.2. The van der Waals surface area contributed by atoms with E-state index in [2.05, 4.69) is 59.5 Å². The molecule has 0 spiro atoms. The lowest BCUT2D eigenvalue weighted by molar-refractivity contribution is -0.134. The minimum absolute atomic E-state index is 0.00947. The van der Waals surface area contributed by atoms with Gasteiger partial charge in [-0.2, -0.15) is 0 Å². The molecule has 4 aromatic rings. The number of piperidine rings is 2. The van der Waals surface area contributed by atoms with Gasteiger partial charge in [0, 0.05) is 114 Å². The highest BCUT2D eigenvalue weighted by atomic mass is 35.5. The van der Waals surface area contributed by atoms with Crippen LogP contribution in [0.1, 0.15) is 53.2 Å². The topological polar surface area (TPSA) is 117 Å². The van der Waals surface area contributed by atoms with Crippen molar-refractivity contribution >= 4 is 63.0 Å². The summed E-state index contributed by atoms with van der Waals surface area (Å²) in [5.41, 5.74) is 4.23. The third-order valence-corrected chi connectivity index (χ3v) is 12.5. The first-order valence-electron chi connectivity index (χ1n) is 19.5. The number of thiazole rings is 1. The summed E-state index contributed by atoms with van der Waals surface area (Å²) in [5.74, 6) is -0.246. The van der Waals surface area contributed by atoms with Gasteiger partial charge in [-0.25, -0.2) is 14.4 Å². The van der Waals surface area contributed by atoms with Crippen molar-refractivity contribution in [2.75, 3.05) is 87.1 Å². The van der Waals surface area contributed by atoms with Crippen molar-refractivity contribution in [3.63, 3.8) is 0 Å². The van der Waals surface area contributed by atoms with Gasteiger partial charge in [0.2, 0.25) is 11.8 Å². The van der Waals surface area contributed by atoms with Gasteiger partial charge in [-0.1, -0.05) is 29.8 Å². The van der Waals surface area contributed by atoms with E-state index in [0.29, 0.717) is 51.5 Å². The van der Waals surface area contributed by atoms with Gasteiger partial charge >= 0.3 is 0 Å². The Kier molecular flexibility index (Phi) is 11.8. The van der Waals surface area contributed by atoms with Gasteiger partial charge in [-0.05, 0) is 61.1 Å². The molecule has 0 unspecified atom stereocenters. The average Bonchev–Trinajstić information content (AvgIpc) is 3.73. The van der Waals surface area contributed by atoms with Crippen LogP contribution in [0.5, 0.6) is 0 Å². The number of hydrogen-bond acceptors (Lipinski definition) is 11. The SMILES string of the molecule is O=C1CC[C@@H](c2cccc(N3CCC(CN4CCN(c5cc(CN6CCN(C(=O)c7cccc(Cl)c7F)CC6)nc(Nc6nccs6)c5)CC4)CC3)c2)C(=O)N1. The lowest BCUT2D eigenvalue weighted by Crippen LogP contribution is -2.49. The third-order valence-electron chi connectivity index (χ3n) is 11.5. The second-order valence-corrected chi connectivity index (χ2v) is 16.5. The van der Waals surface area contributed by atoms with Crippen LogP contribution < -0.4 is 20.4 Å². The molecule has 8 rings (SSSR count). The van der Waals surface area contributed by atoms with E-state index in [1.807, 2.05) is 17.5 Å². The van der Waals surface area contributed by atoms with Crippen LogP contribution in [-0.4, -0.2) is 114 Å². The molecule has 56 heavy (non-hydrogen) atoms. The zero-order valence-corrected chi connectivity index (χ0v) is 32.9. The largest absolute Gasteiger partial charge is 0.372 e. The maximum atomic E-state index is 14.6. The smallest absolute Gasteiger partial charge is 0.256 e. The molecule has 294 valence electrons. The Morgan fingerprint density at radius 1 is 0.875 bits per heavy atom. The second kappa shape index (κ2) is 17.2. The molecule has 15 heteroatoms. The maximum absolute atomic E-state index is 14.6. The van der Waals surface area contributed by atoms with Crippen LogP contribution in [-0.2, 0) is 16.1 Å². The van der Waals surface area contributed by atoms with Crippen LogP contribution in [0.25, 0.3) is 0 Å². The Morgan fingerprint density at radius 2 is 1.62 bits per heavy atom. The molecule has 4 aliphatic rings. The van der Waals surface area contributed by atoms with Crippen LogP contribution in [0.4, 0.5) is 26.7 Å². The number of piperazine rings is 2. The molecule has 6 heterocycles. The van der Waals surface area contributed by atoms with Gasteiger partial charge in [0.1, 0.15) is 5.82 Å². The molecule has 0 radical (unpaired) electrons. The van der Waals surface area contributed by atoms with Crippen LogP contribution >= 0.6 is 22.9 Å². The standard InChI is InChI=1S/C41H47ClFN9O3S/c42-35-6-2-5-34(38(35)43)40(55)52-20-16-49(17-21-52)27-30-24-32(25-36(45-30)46-41-44-11-22-56-41)51-18-14-48(15-19-51)26-28-9-12-50(13-10-28)31-4-1-3-29(23-31)33-7-8-37(53)47-39(33)54/h1-6,11,22-25,28,33H,7-10,12-21,26-27H2,(H,44,45,46)(H,47,53,54)/t33-/m0/s1. The molecular formula is C41H47ClFN9O3S. The number of nitrogens with zero attached hydrogens (tertiary/aromatic N) is 7. The molecule has 2 aromatic carbocycles. The van der Waals surface area contributed by atoms with Crippen molar-refractivity contribution in [3.8, 4) is 0 Å². The quantitative estimate of drug-likeness (QED) is 0.197. The van der Waals surface area contributed by atoms with E-state index in [9.17, 15) is 18.8 Å². The highest BCUT2D eigenvalue weighted by molar-refractivity contribution is 7.13. The Hall–Kier alpha value is -4.63. The molecule has 4 aliphatic heterocycles. The zero-order valence-electron chi connectivity index (χ0n) is 31.3. The van der Waals surface area contributed by atoms with Crippen LogP contribution in [0.2, 0.25) is 5.02 Å². The number of rotatable bonds is 10. The van der Waals surface area contributed by atoms with Gasteiger partial charge in [0.05, 0.1) is 22.2 Å². The Bertz CT molecular complexity index is 2030. The molecule has 4 saturated heterocycles. The summed E-state index contributed by atoms with van der Waals surface area (Å²) in [6.07, 6.45) is 4.98. The first-order valence-corrected chi connectivity index (χ1v) is 20.8. The van der Waals surface area contributed by atoms with Crippen molar-refractivity contribution in [1.82, 2.24) is 30.0 Å². The molecule has 0 bridgehead atoms. The van der Waals surface area contributed by atoms with E-state index in [-0.39, 0.29) is 34.2 Å². The minimum atomic E-state index is -0.669. The van der Waals surface area contributed by atoms with Crippen molar-refractivity contribution in [3.05, 3.63) is 93.8 Å². The molecule has 2 N–H and O–H groups in total. The number of hydrogen-bond donors (Lipinski definition) is 2. The number of aromatic nitrogens is 2. The lowest BCUT2D eigenvalue weighted by Gasteiger charge is -2.40. The van der Waals surface area contributed by atoms with Gasteiger partial charge in [-0.3, -0.25) is 29.5 Å². The molecule has 2 aromatic heterocycles. The maximum Gasteiger partial charge on any atom is 0.256 e. The number of carbonyl (C=O) groups excluding carboxylic acids is 3. The van der Waals surface area contributed by atoms with Gasteiger partial charge < -0.3 is 20.0 Å². The van der Waals surface area contributed by atoms with Crippen molar-refractivity contribution in [2.24, 2.45) is 5.92 Å². The Balaban J connectivity index is 0.845. The summed E-state index contributed by atoms with van der Waals surface area (Å²) in [4.78, 5) is 58.1. The monoisotopic (exact) mass is 799 g/mol. The summed E-state index contributed by atoms with van der Waals surface area (Å²) in [6, 6.07) is 17.1. The molecule has 0 aliphatic carbocycles. The zero-order chi connectivity index (χ0) is 38.6. The number of imide groups is 1. The summed E-state index contributed by atoms with van der Waals surface area (Å²) >= 11 is 7.47. The summed E-state index contributed by atoms with van der Waals surface area (Å²) < 4.78 is 14.6. The van der Waals surface area contributed by atoms with E-state index in [0.717, 1.165) is 92.2 Å². The molecule has 1 atom stereocenters. The first-order chi connectivity index (χ1) is 27.3. The predicted octanol–water partition coefficient (Wildman–Crippen LogP) is 5.59. The van der Waals surface area contributed by atoms with E-state index >= 15 is 0 Å². The third kappa shape index (κ3) is 8.99.